The van der Waals surface area contributed by atoms with Crippen molar-refractivity contribution >= 4 is 5.78 Å². The number of hydrogen-bond acceptors (Lipinski definition) is 2. The lowest BCUT2D eigenvalue weighted by atomic mass is 10.1. The van der Waals surface area contributed by atoms with Gasteiger partial charge in [-0.1, -0.05) is 0 Å². The minimum absolute atomic E-state index is 0.176. The average Bonchev–Trinajstić information content (AvgIpc) is 2.93. The number of Topliss-reactive ketones (excluding diaryl/α,β-unsaturated/α-hetero) is 1. The van der Waals surface area contributed by atoms with Crippen molar-refractivity contribution in [2.24, 2.45) is 5.92 Å². The predicted octanol–water partition coefficient (Wildman–Crippen LogP) is 2.34. The molecule has 0 unspecified atom stereocenters. The molecule has 2 nitrogen and oxygen atoms in total. The number of carbonyl (C=O) groups excluding carboxylic acids is 1. The van der Waals surface area contributed by atoms with E-state index >= 15 is 0 Å². The van der Waals surface area contributed by atoms with Crippen molar-refractivity contribution in [3.8, 4) is 0 Å². The van der Waals surface area contributed by atoms with Crippen LogP contribution in [0, 0.1) is 17.7 Å². The van der Waals surface area contributed by atoms with Gasteiger partial charge < -0.3 is 0 Å². The molecule has 1 fully saturated rings. The zero-order valence-corrected chi connectivity index (χ0v) is 7.46. The zero-order valence-electron chi connectivity index (χ0n) is 7.46. The summed E-state index contributed by atoms with van der Waals surface area (Å²) < 4.78 is 25.7. The molecule has 0 radical (unpaired) electrons. The summed E-state index contributed by atoms with van der Waals surface area (Å²) in [4.78, 5) is 14.6. The second-order valence-corrected chi connectivity index (χ2v) is 3.56. The van der Waals surface area contributed by atoms with E-state index in [2.05, 4.69) is 4.98 Å². The first-order chi connectivity index (χ1) is 6.66. The minimum atomic E-state index is -0.814. The number of ketones is 1. The van der Waals surface area contributed by atoms with Gasteiger partial charge in [0.15, 0.2) is 11.6 Å². The molecule has 0 spiro atoms. The highest BCUT2D eigenvalue weighted by Gasteiger charge is 2.26. The van der Waals surface area contributed by atoms with Crippen LogP contribution in [0.1, 0.15) is 29.6 Å². The first-order valence-electron chi connectivity index (χ1n) is 4.51. The van der Waals surface area contributed by atoms with Crippen LogP contribution in [0.5, 0.6) is 0 Å². The van der Waals surface area contributed by atoms with E-state index in [4.69, 9.17) is 0 Å². The highest BCUT2D eigenvalue weighted by molar-refractivity contribution is 5.96. The van der Waals surface area contributed by atoms with E-state index in [1.807, 2.05) is 0 Å². The standard InChI is InChI=1S/C10H9F2NO/c11-8-5-13-10(12)4-7(8)9(14)3-6-1-2-6/h4-6H,1-3H2. The van der Waals surface area contributed by atoms with Gasteiger partial charge in [-0.05, 0) is 18.8 Å². The van der Waals surface area contributed by atoms with Crippen LogP contribution < -0.4 is 0 Å². The molecule has 0 saturated heterocycles. The van der Waals surface area contributed by atoms with Crippen molar-refractivity contribution in [1.82, 2.24) is 4.98 Å². The summed E-state index contributed by atoms with van der Waals surface area (Å²) in [7, 11) is 0. The molecule has 74 valence electrons. The Labute approximate surface area is 80.0 Å². The lowest BCUT2D eigenvalue weighted by Gasteiger charge is -2.00. The number of rotatable bonds is 3. The summed E-state index contributed by atoms with van der Waals surface area (Å²) in [6, 6.07) is 0.861. The molecule has 0 aromatic carbocycles. The topological polar surface area (TPSA) is 30.0 Å². The van der Waals surface area contributed by atoms with Gasteiger partial charge in [-0.25, -0.2) is 9.37 Å². The van der Waals surface area contributed by atoms with E-state index in [-0.39, 0.29) is 11.3 Å². The fourth-order valence-electron chi connectivity index (χ4n) is 1.32. The molecule has 14 heavy (non-hydrogen) atoms. The first-order valence-corrected chi connectivity index (χ1v) is 4.51. The van der Waals surface area contributed by atoms with E-state index in [0.29, 0.717) is 12.3 Å². The Bertz CT molecular complexity index is 374. The smallest absolute Gasteiger partial charge is 0.213 e. The molecular weight excluding hydrogens is 188 g/mol. The molecule has 0 aliphatic heterocycles. The van der Waals surface area contributed by atoms with Gasteiger partial charge in [0.05, 0.1) is 11.8 Å². The number of pyridine rings is 1. The number of carbonyl (C=O) groups is 1. The van der Waals surface area contributed by atoms with E-state index in [0.717, 1.165) is 25.1 Å². The molecule has 4 heteroatoms. The largest absolute Gasteiger partial charge is 0.294 e. The van der Waals surface area contributed by atoms with Gasteiger partial charge in [-0.15, -0.1) is 0 Å². The summed E-state index contributed by atoms with van der Waals surface area (Å²) in [5.41, 5.74) is -0.176. The lowest BCUT2D eigenvalue weighted by Crippen LogP contribution is -2.05. The summed E-state index contributed by atoms with van der Waals surface area (Å²) >= 11 is 0. The average molecular weight is 197 g/mol. The fraction of sp³-hybridized carbons (Fsp3) is 0.400. The van der Waals surface area contributed by atoms with Crippen molar-refractivity contribution in [3.05, 3.63) is 29.6 Å². The Morgan fingerprint density at radius 3 is 2.86 bits per heavy atom. The summed E-state index contributed by atoms with van der Waals surface area (Å²) in [6.07, 6.45) is 3.09. The number of nitrogens with zero attached hydrogens (tertiary/aromatic N) is 1. The normalized spacial score (nSPS) is 15.6. The van der Waals surface area contributed by atoms with Crippen LogP contribution in [-0.2, 0) is 0 Å². The molecule has 0 amide bonds. The Balaban J connectivity index is 2.20. The molecule has 1 aromatic rings. The van der Waals surface area contributed by atoms with Gasteiger partial charge >= 0.3 is 0 Å². The summed E-state index contributed by atoms with van der Waals surface area (Å²) in [5.74, 6) is -1.51. The van der Waals surface area contributed by atoms with Gasteiger partial charge in [-0.2, -0.15) is 4.39 Å². The van der Waals surface area contributed by atoms with Gasteiger partial charge in [-0.3, -0.25) is 4.79 Å². The molecule has 1 aliphatic rings. The summed E-state index contributed by atoms with van der Waals surface area (Å²) in [6.45, 7) is 0. The van der Waals surface area contributed by atoms with Gasteiger partial charge in [0, 0.05) is 12.5 Å². The molecule has 1 heterocycles. The Kier molecular flexibility index (Phi) is 2.27. The van der Waals surface area contributed by atoms with Gasteiger partial charge in [0.2, 0.25) is 5.95 Å². The van der Waals surface area contributed by atoms with E-state index in [9.17, 15) is 13.6 Å². The maximum atomic E-state index is 13.0. The van der Waals surface area contributed by atoms with Crippen LogP contribution in [0.2, 0.25) is 0 Å². The van der Waals surface area contributed by atoms with Crippen molar-refractivity contribution in [3.63, 3.8) is 0 Å². The maximum absolute atomic E-state index is 13.0. The molecule has 1 aliphatic carbocycles. The van der Waals surface area contributed by atoms with Crippen LogP contribution in [0.4, 0.5) is 8.78 Å². The van der Waals surface area contributed by atoms with Crippen molar-refractivity contribution in [2.75, 3.05) is 0 Å². The van der Waals surface area contributed by atoms with E-state index < -0.39 is 11.8 Å². The number of hydrogen-bond donors (Lipinski definition) is 0. The van der Waals surface area contributed by atoms with Gasteiger partial charge in [0.25, 0.3) is 0 Å². The first kappa shape index (κ1) is 9.24. The third kappa shape index (κ3) is 1.95. The number of aromatic nitrogens is 1. The molecular formula is C10H9F2NO. The van der Waals surface area contributed by atoms with Gasteiger partial charge in [0.1, 0.15) is 0 Å². The van der Waals surface area contributed by atoms with Crippen LogP contribution in [0.3, 0.4) is 0 Å². The number of halogens is 2. The second-order valence-electron chi connectivity index (χ2n) is 3.56. The van der Waals surface area contributed by atoms with Crippen molar-refractivity contribution in [1.29, 1.82) is 0 Å². The predicted molar refractivity (Wildman–Crippen MR) is 45.8 cm³/mol. The van der Waals surface area contributed by atoms with Crippen LogP contribution in [0.25, 0.3) is 0 Å². The summed E-state index contributed by atoms with van der Waals surface area (Å²) in [5, 5.41) is 0. The SMILES string of the molecule is O=C(CC1CC1)c1cc(F)ncc1F. The quantitative estimate of drug-likeness (QED) is 0.550. The Morgan fingerprint density at radius 1 is 1.50 bits per heavy atom. The molecule has 0 bridgehead atoms. The van der Waals surface area contributed by atoms with Crippen LogP contribution in [0.15, 0.2) is 12.3 Å². The zero-order chi connectivity index (χ0) is 10.1. The van der Waals surface area contributed by atoms with E-state index in [1.165, 1.54) is 0 Å². The molecule has 2 rings (SSSR count). The second kappa shape index (κ2) is 3.44. The molecule has 1 aromatic heterocycles. The maximum Gasteiger partial charge on any atom is 0.213 e. The molecule has 0 atom stereocenters. The van der Waals surface area contributed by atoms with Crippen LogP contribution in [-0.4, -0.2) is 10.8 Å². The Hall–Kier alpha value is -1.32. The lowest BCUT2D eigenvalue weighted by molar-refractivity contribution is 0.0971. The van der Waals surface area contributed by atoms with Crippen molar-refractivity contribution < 1.29 is 13.6 Å². The van der Waals surface area contributed by atoms with Crippen LogP contribution >= 0.6 is 0 Å². The monoisotopic (exact) mass is 197 g/mol. The molecule has 0 N–H and O–H groups in total. The third-order valence-electron chi connectivity index (χ3n) is 2.29. The molecule has 1 saturated carbocycles. The fourth-order valence-corrected chi connectivity index (χ4v) is 1.32. The van der Waals surface area contributed by atoms with Crippen molar-refractivity contribution in [2.45, 2.75) is 19.3 Å². The highest BCUT2D eigenvalue weighted by atomic mass is 19.1. The van der Waals surface area contributed by atoms with E-state index in [1.54, 1.807) is 0 Å². The third-order valence-corrected chi connectivity index (χ3v) is 2.29. The Morgan fingerprint density at radius 2 is 2.21 bits per heavy atom. The highest BCUT2D eigenvalue weighted by Crippen LogP contribution is 2.33. The minimum Gasteiger partial charge on any atom is -0.294 e.